The minimum absolute atomic E-state index is 0.382. The molecule has 1 saturated heterocycles. The van der Waals surface area contributed by atoms with E-state index in [0.717, 1.165) is 31.6 Å². The number of anilines is 4. The van der Waals surface area contributed by atoms with Crippen LogP contribution in [0.5, 0.6) is 0 Å². The highest BCUT2D eigenvalue weighted by atomic mass is 35.5. The molecule has 2 aromatic heterocycles. The smallest absolute Gasteiger partial charge is 0.150 e. The zero-order valence-corrected chi connectivity index (χ0v) is 14.7. The van der Waals surface area contributed by atoms with Crippen LogP contribution in [0.15, 0.2) is 24.7 Å². The van der Waals surface area contributed by atoms with Gasteiger partial charge in [-0.1, -0.05) is 11.6 Å². The molecule has 1 aliphatic rings. The van der Waals surface area contributed by atoms with Gasteiger partial charge in [0.2, 0.25) is 0 Å². The van der Waals surface area contributed by atoms with Gasteiger partial charge in [0.25, 0.3) is 0 Å². The highest BCUT2D eigenvalue weighted by molar-refractivity contribution is 6.33. The molecule has 0 aromatic carbocycles. The van der Waals surface area contributed by atoms with Crippen LogP contribution >= 0.6 is 11.6 Å². The minimum Gasteiger partial charge on any atom is -0.382 e. The molecular formula is C16H22ClN7. The third-order valence-corrected chi connectivity index (χ3v) is 4.67. The van der Waals surface area contributed by atoms with E-state index in [9.17, 15) is 0 Å². The second-order valence-corrected chi connectivity index (χ2v) is 6.53. The fourth-order valence-corrected chi connectivity index (χ4v) is 3.12. The predicted molar refractivity (Wildman–Crippen MR) is 97.9 cm³/mol. The number of pyridine rings is 1. The molecular weight excluding hydrogens is 326 g/mol. The van der Waals surface area contributed by atoms with Gasteiger partial charge in [-0.2, -0.15) is 0 Å². The summed E-state index contributed by atoms with van der Waals surface area (Å²) in [4.78, 5) is 17.1. The van der Waals surface area contributed by atoms with Crippen LogP contribution in [0.3, 0.4) is 0 Å². The number of rotatable bonds is 4. The summed E-state index contributed by atoms with van der Waals surface area (Å²) < 4.78 is 0. The number of halogens is 1. The average Bonchev–Trinajstić information content (AvgIpc) is 2.59. The van der Waals surface area contributed by atoms with Crippen molar-refractivity contribution in [3.63, 3.8) is 0 Å². The van der Waals surface area contributed by atoms with Gasteiger partial charge in [0, 0.05) is 19.2 Å². The summed E-state index contributed by atoms with van der Waals surface area (Å²) in [5.74, 6) is 1.65. The van der Waals surface area contributed by atoms with Crippen molar-refractivity contribution in [1.82, 2.24) is 19.9 Å². The monoisotopic (exact) mass is 347 g/mol. The number of piperidine rings is 1. The largest absolute Gasteiger partial charge is 0.382 e. The molecule has 3 N–H and O–H groups in total. The highest BCUT2D eigenvalue weighted by Crippen LogP contribution is 2.31. The van der Waals surface area contributed by atoms with Gasteiger partial charge < -0.3 is 20.9 Å². The van der Waals surface area contributed by atoms with Crippen LogP contribution in [-0.2, 0) is 0 Å². The van der Waals surface area contributed by atoms with Crippen LogP contribution in [0, 0.1) is 0 Å². The minimum atomic E-state index is 0.382. The fraction of sp³-hybridized carbons (Fsp3) is 0.438. The van der Waals surface area contributed by atoms with Crippen LogP contribution in [0.4, 0.5) is 23.1 Å². The van der Waals surface area contributed by atoms with Crippen molar-refractivity contribution in [1.29, 1.82) is 0 Å². The van der Waals surface area contributed by atoms with Gasteiger partial charge in [0.1, 0.15) is 17.5 Å². The maximum absolute atomic E-state index is 6.38. The van der Waals surface area contributed by atoms with Crippen molar-refractivity contribution in [2.75, 3.05) is 43.1 Å². The first-order valence-electron chi connectivity index (χ1n) is 7.94. The van der Waals surface area contributed by atoms with Crippen molar-refractivity contribution >= 4 is 34.7 Å². The van der Waals surface area contributed by atoms with Crippen LogP contribution in [0.2, 0.25) is 5.02 Å². The van der Waals surface area contributed by atoms with E-state index in [4.69, 9.17) is 17.3 Å². The standard InChI is InChI=1S/C16H22ClN7/c1-23-5-3-11(4-6-23)24(2)13-7-15(20-8-12(13)17)22-16-10-19-14(18)9-21-16/h7-11H,3-6H2,1-2H3,(H2,18,19)(H,20,21,22). The predicted octanol–water partition coefficient (Wildman–Crippen LogP) is 2.38. The Bertz CT molecular complexity index is 683. The van der Waals surface area contributed by atoms with E-state index >= 15 is 0 Å². The molecule has 8 heteroatoms. The van der Waals surface area contributed by atoms with E-state index in [-0.39, 0.29) is 0 Å². The van der Waals surface area contributed by atoms with Crippen molar-refractivity contribution in [2.24, 2.45) is 0 Å². The Morgan fingerprint density at radius 3 is 2.54 bits per heavy atom. The quantitative estimate of drug-likeness (QED) is 0.878. The third-order valence-electron chi connectivity index (χ3n) is 4.38. The molecule has 0 amide bonds. The normalized spacial score (nSPS) is 16.1. The van der Waals surface area contributed by atoms with Gasteiger partial charge in [0.15, 0.2) is 0 Å². The van der Waals surface area contributed by atoms with Crippen LogP contribution in [-0.4, -0.2) is 53.1 Å². The van der Waals surface area contributed by atoms with E-state index < -0.39 is 0 Å². The van der Waals surface area contributed by atoms with Crippen molar-refractivity contribution in [3.05, 3.63) is 29.7 Å². The van der Waals surface area contributed by atoms with Crippen LogP contribution in [0.1, 0.15) is 12.8 Å². The Balaban J connectivity index is 1.77. The Morgan fingerprint density at radius 2 is 1.88 bits per heavy atom. The van der Waals surface area contributed by atoms with Crippen molar-refractivity contribution < 1.29 is 0 Å². The molecule has 2 aromatic rings. The Morgan fingerprint density at radius 1 is 1.17 bits per heavy atom. The van der Waals surface area contributed by atoms with Gasteiger partial charge in [0.05, 0.1) is 29.3 Å². The van der Waals surface area contributed by atoms with E-state index in [1.165, 1.54) is 6.20 Å². The molecule has 0 bridgehead atoms. The number of nitrogens with one attached hydrogen (secondary N) is 1. The summed E-state index contributed by atoms with van der Waals surface area (Å²) in [7, 11) is 4.25. The van der Waals surface area contributed by atoms with E-state index in [2.05, 4.69) is 44.2 Å². The SMILES string of the molecule is CN1CCC(N(C)c2cc(Nc3cnc(N)cn3)ncc2Cl)CC1. The van der Waals surface area contributed by atoms with Crippen molar-refractivity contribution in [2.45, 2.75) is 18.9 Å². The maximum Gasteiger partial charge on any atom is 0.150 e. The lowest BCUT2D eigenvalue weighted by Gasteiger charge is -2.36. The van der Waals surface area contributed by atoms with Gasteiger partial charge in [-0.05, 0) is 33.0 Å². The molecule has 1 aliphatic heterocycles. The highest BCUT2D eigenvalue weighted by Gasteiger charge is 2.22. The molecule has 128 valence electrons. The first-order valence-corrected chi connectivity index (χ1v) is 8.32. The molecule has 0 aliphatic carbocycles. The summed E-state index contributed by atoms with van der Waals surface area (Å²) in [5, 5.41) is 3.77. The zero-order chi connectivity index (χ0) is 17.1. The lowest BCUT2D eigenvalue weighted by atomic mass is 10.0. The Hall–Kier alpha value is -2.12. The number of aromatic nitrogens is 3. The van der Waals surface area contributed by atoms with E-state index in [1.807, 2.05) is 6.07 Å². The van der Waals surface area contributed by atoms with Gasteiger partial charge in [-0.15, -0.1) is 0 Å². The van der Waals surface area contributed by atoms with Crippen LogP contribution in [0.25, 0.3) is 0 Å². The number of likely N-dealkylation sites (tertiary alicyclic amines) is 1. The van der Waals surface area contributed by atoms with Crippen molar-refractivity contribution in [3.8, 4) is 0 Å². The molecule has 24 heavy (non-hydrogen) atoms. The summed E-state index contributed by atoms with van der Waals surface area (Å²) >= 11 is 6.38. The van der Waals surface area contributed by atoms with Crippen LogP contribution < -0.4 is 16.0 Å². The lowest BCUT2D eigenvalue weighted by molar-refractivity contribution is 0.253. The van der Waals surface area contributed by atoms with Gasteiger partial charge in [-0.25, -0.2) is 15.0 Å². The molecule has 3 rings (SSSR count). The maximum atomic E-state index is 6.38. The average molecular weight is 348 g/mol. The molecule has 1 fully saturated rings. The molecule has 7 nitrogen and oxygen atoms in total. The number of hydrogen-bond donors (Lipinski definition) is 2. The summed E-state index contributed by atoms with van der Waals surface area (Å²) in [6.07, 6.45) is 6.99. The lowest BCUT2D eigenvalue weighted by Crippen LogP contribution is -2.42. The number of hydrogen-bond acceptors (Lipinski definition) is 7. The zero-order valence-electron chi connectivity index (χ0n) is 13.9. The first kappa shape index (κ1) is 16.7. The second kappa shape index (κ2) is 7.19. The Kier molecular flexibility index (Phi) is 5.01. The summed E-state index contributed by atoms with van der Waals surface area (Å²) in [6, 6.07) is 2.42. The summed E-state index contributed by atoms with van der Waals surface area (Å²) in [6.45, 7) is 2.20. The molecule has 0 saturated carbocycles. The van der Waals surface area contributed by atoms with E-state index in [0.29, 0.717) is 28.5 Å². The first-order chi connectivity index (χ1) is 11.5. The molecule has 0 atom stereocenters. The topological polar surface area (TPSA) is 83.2 Å². The number of nitrogens with zero attached hydrogens (tertiary/aromatic N) is 5. The molecule has 0 spiro atoms. The second-order valence-electron chi connectivity index (χ2n) is 6.12. The fourth-order valence-electron chi connectivity index (χ4n) is 2.88. The molecule has 3 heterocycles. The summed E-state index contributed by atoms with van der Waals surface area (Å²) in [5.41, 5.74) is 6.52. The van der Waals surface area contributed by atoms with Gasteiger partial charge in [-0.3, -0.25) is 0 Å². The molecule has 0 radical (unpaired) electrons. The van der Waals surface area contributed by atoms with Gasteiger partial charge >= 0.3 is 0 Å². The third kappa shape index (κ3) is 3.85. The number of nitrogen functional groups attached to an aromatic ring is 1. The molecule has 0 unspecified atom stereocenters. The Labute approximate surface area is 146 Å². The van der Waals surface area contributed by atoms with E-state index in [1.54, 1.807) is 12.4 Å². The number of nitrogens with two attached hydrogens (primary N) is 1.